The molecule has 4 heteroatoms. The molecule has 4 nitrogen and oxygen atoms in total. The van der Waals surface area contributed by atoms with Crippen molar-refractivity contribution in [2.24, 2.45) is 5.92 Å². The first-order valence-electron chi connectivity index (χ1n) is 9.48. The van der Waals surface area contributed by atoms with Crippen LogP contribution in [0.2, 0.25) is 0 Å². The number of pyridine rings is 1. The van der Waals surface area contributed by atoms with Gasteiger partial charge < -0.3 is 9.73 Å². The summed E-state index contributed by atoms with van der Waals surface area (Å²) in [6.07, 6.45) is 9.30. The van der Waals surface area contributed by atoms with Crippen molar-refractivity contribution in [2.45, 2.75) is 45.1 Å². The van der Waals surface area contributed by atoms with Gasteiger partial charge in [-0.25, -0.2) is 0 Å². The molecule has 3 aromatic rings. The molecule has 1 amide bonds. The molecular weight excluding hydrogens is 324 g/mol. The van der Waals surface area contributed by atoms with Crippen molar-refractivity contribution in [2.75, 3.05) is 0 Å². The number of nitrogens with one attached hydrogen (secondary N) is 1. The molecule has 26 heavy (non-hydrogen) atoms. The minimum Gasteiger partial charge on any atom is -0.464 e. The zero-order chi connectivity index (χ0) is 17.9. The van der Waals surface area contributed by atoms with Crippen LogP contribution in [0.1, 0.15) is 49.4 Å². The van der Waals surface area contributed by atoms with E-state index in [4.69, 9.17) is 4.42 Å². The predicted octanol–water partition coefficient (Wildman–Crippen LogP) is 5.19. The van der Waals surface area contributed by atoms with Gasteiger partial charge in [0.25, 0.3) is 5.91 Å². The van der Waals surface area contributed by atoms with E-state index in [2.05, 4.69) is 17.2 Å². The number of amides is 1. The highest BCUT2D eigenvalue weighted by Gasteiger charge is 2.21. The first-order valence-corrected chi connectivity index (χ1v) is 9.48. The van der Waals surface area contributed by atoms with Crippen LogP contribution < -0.4 is 5.32 Å². The van der Waals surface area contributed by atoms with Crippen molar-refractivity contribution < 1.29 is 9.21 Å². The number of aromatic nitrogens is 1. The van der Waals surface area contributed by atoms with Gasteiger partial charge in [-0.05, 0) is 55.9 Å². The van der Waals surface area contributed by atoms with Gasteiger partial charge in [-0.2, -0.15) is 0 Å². The smallest absolute Gasteiger partial charge is 0.251 e. The number of carbonyl (C=O) groups excluding carboxylic acids is 1. The summed E-state index contributed by atoms with van der Waals surface area (Å²) in [6, 6.07) is 11.8. The Morgan fingerprint density at radius 1 is 1.12 bits per heavy atom. The maximum absolute atomic E-state index is 12.5. The molecule has 1 aliphatic carbocycles. The third kappa shape index (κ3) is 3.36. The van der Waals surface area contributed by atoms with Crippen LogP contribution in [-0.4, -0.2) is 16.9 Å². The van der Waals surface area contributed by atoms with Crippen molar-refractivity contribution >= 4 is 16.9 Å². The van der Waals surface area contributed by atoms with E-state index in [1.54, 1.807) is 12.5 Å². The average Bonchev–Trinajstić information content (AvgIpc) is 3.17. The molecule has 0 spiro atoms. The molecule has 0 unspecified atom stereocenters. The summed E-state index contributed by atoms with van der Waals surface area (Å²) in [7, 11) is 0. The quantitative estimate of drug-likeness (QED) is 0.705. The summed E-state index contributed by atoms with van der Waals surface area (Å²) in [5, 5.41) is 4.18. The van der Waals surface area contributed by atoms with Gasteiger partial charge in [0.05, 0.1) is 12.0 Å². The molecule has 0 bridgehead atoms. The number of benzene rings is 1. The van der Waals surface area contributed by atoms with Gasteiger partial charge in [0.1, 0.15) is 5.58 Å². The standard InChI is InChI=1S/C22H24N2O2/c1-2-15-3-9-18(10-4-15)24-22(25)17-7-5-16(6-8-17)21-19-12-14-26-20(19)11-13-23-21/h5-8,11-15,18H,2-4,9-10H2,1H3,(H,24,25). The lowest BCUT2D eigenvalue weighted by molar-refractivity contribution is 0.0921. The fraction of sp³-hybridized carbons (Fsp3) is 0.364. The van der Waals surface area contributed by atoms with Crippen molar-refractivity contribution in [3.63, 3.8) is 0 Å². The summed E-state index contributed by atoms with van der Waals surface area (Å²) >= 11 is 0. The van der Waals surface area contributed by atoms with E-state index in [-0.39, 0.29) is 5.91 Å². The molecule has 0 aliphatic heterocycles. The molecule has 134 valence electrons. The Morgan fingerprint density at radius 2 is 1.88 bits per heavy atom. The molecule has 2 heterocycles. The van der Waals surface area contributed by atoms with Crippen LogP contribution in [0.15, 0.2) is 53.3 Å². The van der Waals surface area contributed by atoms with E-state index in [1.807, 2.05) is 36.4 Å². The topological polar surface area (TPSA) is 55.1 Å². The molecule has 0 atom stereocenters. The van der Waals surface area contributed by atoms with E-state index in [0.29, 0.717) is 11.6 Å². The van der Waals surface area contributed by atoms with Crippen molar-refractivity contribution in [3.8, 4) is 11.3 Å². The van der Waals surface area contributed by atoms with Crippen LogP contribution >= 0.6 is 0 Å². The highest BCUT2D eigenvalue weighted by atomic mass is 16.3. The predicted molar refractivity (Wildman–Crippen MR) is 103 cm³/mol. The van der Waals surface area contributed by atoms with Crippen LogP contribution in [0.3, 0.4) is 0 Å². The van der Waals surface area contributed by atoms with Crippen molar-refractivity contribution in [1.29, 1.82) is 0 Å². The summed E-state index contributed by atoms with van der Waals surface area (Å²) in [6.45, 7) is 2.25. The molecule has 4 rings (SSSR count). The minimum absolute atomic E-state index is 0.0194. The van der Waals surface area contributed by atoms with Gasteiger partial charge in [0.15, 0.2) is 0 Å². The van der Waals surface area contributed by atoms with Crippen molar-refractivity contribution in [1.82, 2.24) is 10.3 Å². The second-order valence-corrected chi connectivity index (χ2v) is 7.17. The van der Waals surface area contributed by atoms with E-state index >= 15 is 0 Å². The Morgan fingerprint density at radius 3 is 2.62 bits per heavy atom. The summed E-state index contributed by atoms with van der Waals surface area (Å²) in [5.74, 6) is 0.853. The van der Waals surface area contributed by atoms with Crippen LogP contribution in [0.5, 0.6) is 0 Å². The lowest BCUT2D eigenvalue weighted by Gasteiger charge is -2.28. The molecule has 2 aromatic heterocycles. The monoisotopic (exact) mass is 348 g/mol. The fourth-order valence-electron chi connectivity index (χ4n) is 3.89. The Hall–Kier alpha value is -2.62. The largest absolute Gasteiger partial charge is 0.464 e. The molecule has 1 aromatic carbocycles. The Labute approximate surface area is 153 Å². The van der Waals surface area contributed by atoms with Crippen LogP contribution in [0, 0.1) is 5.92 Å². The number of carbonyl (C=O) groups is 1. The van der Waals surface area contributed by atoms with Crippen LogP contribution in [0.4, 0.5) is 0 Å². The summed E-state index contributed by atoms with van der Waals surface area (Å²) in [4.78, 5) is 17.0. The van der Waals surface area contributed by atoms with Gasteiger partial charge in [-0.3, -0.25) is 9.78 Å². The molecule has 1 aliphatic rings. The number of hydrogen-bond donors (Lipinski definition) is 1. The maximum atomic E-state index is 12.5. The van der Waals surface area contributed by atoms with Gasteiger partial charge in [0.2, 0.25) is 0 Å². The first-order chi connectivity index (χ1) is 12.7. The number of rotatable bonds is 4. The molecule has 1 saturated carbocycles. The Bertz CT molecular complexity index is 890. The van der Waals surface area contributed by atoms with E-state index < -0.39 is 0 Å². The van der Waals surface area contributed by atoms with E-state index in [1.165, 1.54) is 19.3 Å². The fourth-order valence-corrected chi connectivity index (χ4v) is 3.89. The van der Waals surface area contributed by atoms with Crippen LogP contribution in [-0.2, 0) is 0 Å². The summed E-state index contributed by atoms with van der Waals surface area (Å²) in [5.41, 5.74) is 3.38. The zero-order valence-corrected chi connectivity index (χ0v) is 15.1. The highest BCUT2D eigenvalue weighted by molar-refractivity contribution is 5.96. The second kappa shape index (κ2) is 7.32. The minimum atomic E-state index is 0.0194. The number of nitrogens with zero attached hydrogens (tertiary/aromatic N) is 1. The second-order valence-electron chi connectivity index (χ2n) is 7.17. The maximum Gasteiger partial charge on any atom is 0.251 e. The Balaban J connectivity index is 1.46. The van der Waals surface area contributed by atoms with Gasteiger partial charge >= 0.3 is 0 Å². The molecule has 1 N–H and O–H groups in total. The lowest BCUT2D eigenvalue weighted by atomic mass is 9.84. The highest BCUT2D eigenvalue weighted by Crippen LogP contribution is 2.28. The van der Waals surface area contributed by atoms with Gasteiger partial charge in [-0.1, -0.05) is 25.5 Å². The third-order valence-electron chi connectivity index (χ3n) is 5.56. The van der Waals surface area contributed by atoms with E-state index in [0.717, 1.165) is 41.0 Å². The summed E-state index contributed by atoms with van der Waals surface area (Å²) < 4.78 is 5.44. The lowest BCUT2D eigenvalue weighted by Crippen LogP contribution is -2.37. The molecule has 1 fully saturated rings. The number of hydrogen-bond acceptors (Lipinski definition) is 3. The molecule has 0 radical (unpaired) electrons. The number of fused-ring (bicyclic) bond motifs is 1. The third-order valence-corrected chi connectivity index (χ3v) is 5.56. The van der Waals surface area contributed by atoms with Gasteiger partial charge in [0, 0.05) is 28.8 Å². The van der Waals surface area contributed by atoms with Crippen LogP contribution in [0.25, 0.3) is 22.2 Å². The van der Waals surface area contributed by atoms with Gasteiger partial charge in [-0.15, -0.1) is 0 Å². The number of furan rings is 1. The average molecular weight is 348 g/mol. The van der Waals surface area contributed by atoms with Crippen molar-refractivity contribution in [3.05, 3.63) is 54.4 Å². The first kappa shape index (κ1) is 16.8. The zero-order valence-electron chi connectivity index (χ0n) is 15.1. The Kier molecular flexibility index (Phi) is 4.74. The normalized spacial score (nSPS) is 20.2. The molecular formula is C22H24N2O2. The SMILES string of the molecule is CCC1CCC(NC(=O)c2ccc(-c3nccc4occc34)cc2)CC1. The van der Waals surface area contributed by atoms with E-state index in [9.17, 15) is 4.79 Å². The molecule has 0 saturated heterocycles.